The highest BCUT2D eigenvalue weighted by Crippen LogP contribution is 2.38. The molecule has 0 aromatic heterocycles. The standard InChI is InChI=1S/C12H21N2O3/c1-7-8(15)9-10(17-12(2,3)16-9)11-13-5-4-6-14(7)11/h7-11,13,15H,1,4-6H2,2-3H3/t7-,8+,9-,10-,11-/m0/s1. The summed E-state index contributed by atoms with van der Waals surface area (Å²) in [6, 6.07) is -0.133. The normalized spacial score (nSPS) is 49.8. The molecule has 5 heteroatoms. The summed E-state index contributed by atoms with van der Waals surface area (Å²) in [6.45, 7) is 9.79. The van der Waals surface area contributed by atoms with Gasteiger partial charge in [-0.3, -0.25) is 10.2 Å². The molecule has 5 atom stereocenters. The van der Waals surface area contributed by atoms with E-state index in [1.54, 1.807) is 0 Å². The van der Waals surface area contributed by atoms with Crippen LogP contribution in [-0.2, 0) is 9.47 Å². The van der Waals surface area contributed by atoms with Crippen molar-refractivity contribution >= 4 is 0 Å². The second-order valence-electron chi connectivity index (χ2n) is 5.61. The quantitative estimate of drug-likeness (QED) is 0.610. The van der Waals surface area contributed by atoms with Crippen molar-refractivity contribution in [2.45, 2.75) is 56.6 Å². The first kappa shape index (κ1) is 11.9. The zero-order valence-corrected chi connectivity index (χ0v) is 10.4. The first-order valence-electron chi connectivity index (χ1n) is 6.35. The van der Waals surface area contributed by atoms with E-state index in [1.165, 1.54) is 0 Å². The molecule has 17 heavy (non-hydrogen) atoms. The van der Waals surface area contributed by atoms with E-state index in [0.717, 1.165) is 19.5 Å². The highest BCUT2D eigenvalue weighted by molar-refractivity contribution is 5.05. The van der Waals surface area contributed by atoms with E-state index >= 15 is 0 Å². The fourth-order valence-corrected chi connectivity index (χ4v) is 3.19. The molecule has 2 N–H and O–H groups in total. The Bertz CT molecular complexity index is 310. The minimum absolute atomic E-state index is 0.112. The van der Waals surface area contributed by atoms with Crippen LogP contribution in [0.1, 0.15) is 20.3 Å². The largest absolute Gasteiger partial charge is 0.389 e. The van der Waals surface area contributed by atoms with Gasteiger partial charge in [0.25, 0.3) is 0 Å². The van der Waals surface area contributed by atoms with Crippen molar-refractivity contribution in [1.29, 1.82) is 0 Å². The highest BCUT2D eigenvalue weighted by Gasteiger charge is 2.56. The predicted octanol–water partition coefficient (Wildman–Crippen LogP) is -0.295. The number of aliphatic hydroxyl groups is 1. The topological polar surface area (TPSA) is 54.0 Å². The van der Waals surface area contributed by atoms with Gasteiger partial charge in [-0.25, -0.2) is 0 Å². The van der Waals surface area contributed by atoms with E-state index < -0.39 is 11.9 Å². The highest BCUT2D eigenvalue weighted by atomic mass is 16.8. The van der Waals surface area contributed by atoms with Crippen molar-refractivity contribution in [1.82, 2.24) is 10.2 Å². The summed E-state index contributed by atoms with van der Waals surface area (Å²) < 4.78 is 11.7. The van der Waals surface area contributed by atoms with Crippen LogP contribution in [0.5, 0.6) is 0 Å². The second-order valence-corrected chi connectivity index (χ2v) is 5.61. The predicted molar refractivity (Wildman–Crippen MR) is 62.1 cm³/mol. The van der Waals surface area contributed by atoms with Crippen LogP contribution in [0.15, 0.2) is 0 Å². The molecule has 0 aromatic rings. The third-order valence-electron chi connectivity index (χ3n) is 3.94. The van der Waals surface area contributed by atoms with Crippen LogP contribution in [-0.4, -0.2) is 59.4 Å². The molecule has 3 aliphatic heterocycles. The van der Waals surface area contributed by atoms with E-state index in [4.69, 9.17) is 9.47 Å². The Balaban J connectivity index is 1.88. The molecule has 0 bridgehead atoms. The van der Waals surface area contributed by atoms with Crippen LogP contribution in [0.2, 0.25) is 0 Å². The maximum Gasteiger partial charge on any atom is 0.164 e. The molecule has 97 valence electrons. The zero-order valence-electron chi connectivity index (χ0n) is 10.4. The zero-order chi connectivity index (χ0) is 12.2. The summed E-state index contributed by atoms with van der Waals surface area (Å²) in [4.78, 5) is 2.19. The minimum atomic E-state index is -0.620. The number of hydrogen-bond donors (Lipinski definition) is 2. The lowest BCUT2D eigenvalue weighted by atomic mass is 9.91. The summed E-state index contributed by atoms with van der Waals surface area (Å²) in [6.07, 6.45) is 0.216. The number of nitrogens with zero attached hydrogens (tertiary/aromatic N) is 1. The number of ether oxygens (including phenoxy) is 2. The van der Waals surface area contributed by atoms with Gasteiger partial charge in [-0.15, -0.1) is 0 Å². The molecule has 3 rings (SSSR count). The Labute approximate surface area is 102 Å². The van der Waals surface area contributed by atoms with Gasteiger partial charge in [-0.05, 0) is 33.7 Å². The molecule has 1 radical (unpaired) electrons. The summed E-state index contributed by atoms with van der Waals surface area (Å²) in [5.74, 6) is -0.620. The van der Waals surface area contributed by atoms with Gasteiger partial charge in [-0.1, -0.05) is 0 Å². The number of aliphatic hydroxyl groups excluding tert-OH is 1. The SMILES string of the molecule is [CH2][C@H]1[C@@H](O)[C@@H]2OC(C)(C)O[C@@H]2[C@H]2NCCCN21. The molecule has 5 nitrogen and oxygen atoms in total. The van der Waals surface area contributed by atoms with Crippen LogP contribution in [0, 0.1) is 6.92 Å². The first-order chi connectivity index (χ1) is 7.99. The van der Waals surface area contributed by atoms with Crippen LogP contribution in [0.25, 0.3) is 0 Å². The van der Waals surface area contributed by atoms with Crippen molar-refractivity contribution in [3.05, 3.63) is 6.92 Å². The van der Waals surface area contributed by atoms with Gasteiger partial charge in [0.15, 0.2) is 5.79 Å². The molecule has 0 aromatic carbocycles. The minimum Gasteiger partial charge on any atom is -0.389 e. The van der Waals surface area contributed by atoms with Crippen molar-refractivity contribution in [3.8, 4) is 0 Å². The molecular formula is C12H21N2O3. The monoisotopic (exact) mass is 241 g/mol. The summed E-state index contributed by atoms with van der Waals surface area (Å²) in [5.41, 5.74) is 0. The lowest BCUT2D eigenvalue weighted by molar-refractivity contribution is -0.154. The van der Waals surface area contributed by atoms with Gasteiger partial charge < -0.3 is 14.6 Å². The van der Waals surface area contributed by atoms with Gasteiger partial charge in [0.2, 0.25) is 0 Å². The Morgan fingerprint density at radius 1 is 1.35 bits per heavy atom. The van der Waals surface area contributed by atoms with Gasteiger partial charge in [0.05, 0.1) is 12.3 Å². The van der Waals surface area contributed by atoms with E-state index in [-0.39, 0.29) is 24.4 Å². The lowest BCUT2D eigenvalue weighted by Crippen LogP contribution is -2.70. The van der Waals surface area contributed by atoms with Crippen LogP contribution in [0.3, 0.4) is 0 Å². The molecule has 3 saturated heterocycles. The number of rotatable bonds is 0. The van der Waals surface area contributed by atoms with E-state index in [9.17, 15) is 5.11 Å². The average Bonchev–Trinajstić information content (AvgIpc) is 2.62. The Hall–Kier alpha value is -0.200. The van der Waals surface area contributed by atoms with Crippen molar-refractivity contribution < 1.29 is 14.6 Å². The Kier molecular flexibility index (Phi) is 2.72. The fraction of sp³-hybridized carbons (Fsp3) is 0.917. The number of hydrogen-bond acceptors (Lipinski definition) is 5. The third-order valence-corrected chi connectivity index (χ3v) is 3.94. The molecule has 3 heterocycles. The fourth-order valence-electron chi connectivity index (χ4n) is 3.19. The molecule has 0 saturated carbocycles. The molecule has 0 amide bonds. The van der Waals surface area contributed by atoms with Crippen LogP contribution >= 0.6 is 0 Å². The summed E-state index contributed by atoms with van der Waals surface area (Å²) in [7, 11) is 0. The van der Waals surface area contributed by atoms with Gasteiger partial charge >= 0.3 is 0 Å². The summed E-state index contributed by atoms with van der Waals surface area (Å²) in [5, 5.41) is 13.7. The van der Waals surface area contributed by atoms with Gasteiger partial charge in [0.1, 0.15) is 12.2 Å². The van der Waals surface area contributed by atoms with E-state index in [0.29, 0.717) is 0 Å². The maximum atomic E-state index is 10.3. The molecular weight excluding hydrogens is 220 g/mol. The molecule has 0 aliphatic carbocycles. The van der Waals surface area contributed by atoms with Gasteiger partial charge in [-0.2, -0.15) is 0 Å². The van der Waals surface area contributed by atoms with Crippen molar-refractivity contribution in [2.75, 3.05) is 13.1 Å². The summed E-state index contributed by atoms with van der Waals surface area (Å²) >= 11 is 0. The van der Waals surface area contributed by atoms with Crippen molar-refractivity contribution in [3.63, 3.8) is 0 Å². The molecule has 3 aliphatic rings. The maximum absolute atomic E-state index is 10.3. The molecule has 0 spiro atoms. The first-order valence-corrected chi connectivity index (χ1v) is 6.35. The second kappa shape index (κ2) is 3.90. The number of piperidine rings is 1. The third kappa shape index (κ3) is 1.81. The molecule has 0 unspecified atom stereocenters. The van der Waals surface area contributed by atoms with E-state index in [2.05, 4.69) is 17.1 Å². The van der Waals surface area contributed by atoms with E-state index in [1.807, 2.05) is 13.8 Å². The lowest BCUT2D eigenvalue weighted by Gasteiger charge is -2.50. The Morgan fingerprint density at radius 2 is 2.06 bits per heavy atom. The van der Waals surface area contributed by atoms with Gasteiger partial charge in [0, 0.05) is 12.6 Å². The number of fused-ring (bicyclic) bond motifs is 3. The smallest absolute Gasteiger partial charge is 0.164 e. The Morgan fingerprint density at radius 3 is 2.82 bits per heavy atom. The number of nitrogens with one attached hydrogen (secondary N) is 1. The van der Waals surface area contributed by atoms with Crippen molar-refractivity contribution in [2.24, 2.45) is 0 Å². The van der Waals surface area contributed by atoms with Crippen LogP contribution < -0.4 is 5.32 Å². The average molecular weight is 241 g/mol. The molecule has 3 fully saturated rings. The van der Waals surface area contributed by atoms with Crippen LogP contribution in [0.4, 0.5) is 0 Å².